The van der Waals surface area contributed by atoms with Crippen LogP contribution < -0.4 is 0 Å². The van der Waals surface area contributed by atoms with Crippen LogP contribution in [-0.2, 0) is 0 Å². The number of thioether (sulfide) groups is 1. The molecule has 1 nitrogen and oxygen atoms in total. The maximum atomic E-state index is 4.25. The third-order valence-electron chi connectivity index (χ3n) is 1.95. The molecule has 0 radical (unpaired) electrons. The number of unbranched alkanes of at least 4 members (excludes halogenated alkanes) is 1. The Morgan fingerprint density at radius 2 is 2.46 bits per heavy atom. The van der Waals surface area contributed by atoms with Crippen molar-refractivity contribution in [1.82, 2.24) is 4.98 Å². The molecule has 3 heteroatoms. The first-order chi connectivity index (χ1) is 6.33. The average molecular weight is 215 g/mol. The molecule has 0 amide bonds. The molecule has 0 saturated heterocycles. The summed E-state index contributed by atoms with van der Waals surface area (Å²) in [5.74, 6) is 2.04. The van der Waals surface area contributed by atoms with E-state index in [1.807, 2.05) is 23.3 Å². The predicted octanol–water partition coefficient (Wildman–Crippen LogP) is 4.06. The predicted molar refractivity (Wildman–Crippen MR) is 61.5 cm³/mol. The summed E-state index contributed by atoms with van der Waals surface area (Å²) in [5, 5.41) is 2.04. The molecule has 1 aromatic heterocycles. The molecule has 0 aliphatic carbocycles. The quantitative estimate of drug-likeness (QED) is 0.664. The van der Waals surface area contributed by atoms with Gasteiger partial charge in [-0.2, -0.15) is 0 Å². The van der Waals surface area contributed by atoms with Gasteiger partial charge in [-0.25, -0.2) is 4.98 Å². The summed E-state index contributed by atoms with van der Waals surface area (Å²) in [4.78, 5) is 4.25. The molecule has 13 heavy (non-hydrogen) atoms. The summed E-state index contributed by atoms with van der Waals surface area (Å²) >= 11 is 3.63. The molecular weight excluding hydrogens is 198 g/mol. The molecule has 1 heterocycles. The lowest BCUT2D eigenvalue weighted by atomic mass is 10.1. The Morgan fingerprint density at radius 3 is 3.08 bits per heavy atom. The summed E-state index contributed by atoms with van der Waals surface area (Å²) in [6.07, 6.45) is 5.91. The highest BCUT2D eigenvalue weighted by atomic mass is 32.2. The van der Waals surface area contributed by atoms with Crippen LogP contribution in [0.15, 0.2) is 15.9 Å². The van der Waals surface area contributed by atoms with Crippen molar-refractivity contribution in [1.29, 1.82) is 0 Å². The molecule has 1 aromatic rings. The van der Waals surface area contributed by atoms with Crippen molar-refractivity contribution in [2.24, 2.45) is 5.92 Å². The van der Waals surface area contributed by atoms with Crippen molar-refractivity contribution in [2.45, 2.75) is 37.4 Å². The Kier molecular flexibility index (Phi) is 5.47. The third kappa shape index (κ3) is 4.67. The van der Waals surface area contributed by atoms with Gasteiger partial charge in [0.05, 0.1) is 0 Å². The van der Waals surface area contributed by atoms with Crippen molar-refractivity contribution in [3.63, 3.8) is 0 Å². The minimum absolute atomic E-state index is 0.828. The Bertz CT molecular complexity index is 209. The van der Waals surface area contributed by atoms with Gasteiger partial charge < -0.3 is 0 Å². The highest BCUT2D eigenvalue weighted by molar-refractivity contribution is 8.01. The van der Waals surface area contributed by atoms with Gasteiger partial charge in [-0.05, 0) is 12.3 Å². The van der Waals surface area contributed by atoms with Crippen molar-refractivity contribution >= 4 is 23.1 Å². The Morgan fingerprint density at radius 1 is 1.62 bits per heavy atom. The molecule has 0 saturated carbocycles. The van der Waals surface area contributed by atoms with Crippen LogP contribution in [0.3, 0.4) is 0 Å². The largest absolute Gasteiger partial charge is 0.238 e. The Labute approximate surface area is 89.0 Å². The van der Waals surface area contributed by atoms with Crippen LogP contribution >= 0.6 is 23.1 Å². The monoisotopic (exact) mass is 215 g/mol. The highest BCUT2D eigenvalue weighted by Gasteiger charge is 2.03. The van der Waals surface area contributed by atoms with E-state index in [1.165, 1.54) is 29.4 Å². The first-order valence-electron chi connectivity index (χ1n) is 4.85. The van der Waals surface area contributed by atoms with Gasteiger partial charge in [0.1, 0.15) is 4.34 Å². The number of rotatable bonds is 6. The summed E-state index contributed by atoms with van der Waals surface area (Å²) in [7, 11) is 0. The van der Waals surface area contributed by atoms with Crippen LogP contribution in [0.4, 0.5) is 0 Å². The SMILES string of the molecule is CCCC[C@@H](C)CSc1nccs1. The molecule has 1 rings (SSSR count). The van der Waals surface area contributed by atoms with Gasteiger partial charge in [-0.1, -0.05) is 38.5 Å². The minimum atomic E-state index is 0.828. The zero-order chi connectivity index (χ0) is 9.52. The fraction of sp³-hybridized carbons (Fsp3) is 0.700. The second kappa shape index (κ2) is 6.44. The normalized spacial score (nSPS) is 13.1. The molecule has 0 aliphatic heterocycles. The van der Waals surface area contributed by atoms with Gasteiger partial charge in [0.25, 0.3) is 0 Å². The molecule has 0 N–H and O–H groups in total. The lowest BCUT2D eigenvalue weighted by Crippen LogP contribution is -1.97. The Balaban J connectivity index is 2.11. The molecule has 74 valence electrons. The van der Waals surface area contributed by atoms with E-state index in [9.17, 15) is 0 Å². The number of hydrogen-bond donors (Lipinski definition) is 0. The number of nitrogens with zero attached hydrogens (tertiary/aromatic N) is 1. The van der Waals surface area contributed by atoms with Crippen LogP contribution in [-0.4, -0.2) is 10.7 Å². The van der Waals surface area contributed by atoms with Crippen LogP contribution in [0, 0.1) is 5.92 Å². The topological polar surface area (TPSA) is 12.9 Å². The lowest BCUT2D eigenvalue weighted by Gasteiger charge is -2.07. The second-order valence-electron chi connectivity index (χ2n) is 3.36. The summed E-state index contributed by atoms with van der Waals surface area (Å²) in [6.45, 7) is 4.58. The molecular formula is C10H17NS2. The molecule has 0 spiro atoms. The zero-order valence-corrected chi connectivity index (χ0v) is 9.96. The average Bonchev–Trinajstić information content (AvgIpc) is 2.64. The summed E-state index contributed by atoms with van der Waals surface area (Å²) in [5.41, 5.74) is 0. The smallest absolute Gasteiger partial charge is 0.149 e. The highest BCUT2D eigenvalue weighted by Crippen LogP contribution is 2.24. The van der Waals surface area contributed by atoms with Gasteiger partial charge in [0, 0.05) is 17.3 Å². The number of hydrogen-bond acceptors (Lipinski definition) is 3. The van der Waals surface area contributed by atoms with Gasteiger partial charge in [-0.3, -0.25) is 0 Å². The number of thiazole rings is 1. The molecule has 0 fully saturated rings. The van der Waals surface area contributed by atoms with Gasteiger partial charge >= 0.3 is 0 Å². The van der Waals surface area contributed by atoms with E-state index in [-0.39, 0.29) is 0 Å². The minimum Gasteiger partial charge on any atom is -0.238 e. The van der Waals surface area contributed by atoms with E-state index in [1.54, 1.807) is 11.3 Å². The molecule has 0 aliphatic rings. The first kappa shape index (κ1) is 11.1. The third-order valence-corrected chi connectivity index (χ3v) is 4.25. The van der Waals surface area contributed by atoms with Crippen LogP contribution in [0.5, 0.6) is 0 Å². The molecule has 0 aromatic carbocycles. The van der Waals surface area contributed by atoms with Gasteiger partial charge in [0.2, 0.25) is 0 Å². The van der Waals surface area contributed by atoms with Crippen molar-refractivity contribution in [2.75, 3.05) is 5.75 Å². The molecule has 0 unspecified atom stereocenters. The van der Waals surface area contributed by atoms with Gasteiger partial charge in [0.15, 0.2) is 0 Å². The Hall–Kier alpha value is -0.0200. The maximum absolute atomic E-state index is 4.25. The van der Waals surface area contributed by atoms with E-state index in [2.05, 4.69) is 18.8 Å². The second-order valence-corrected chi connectivity index (χ2v) is 5.52. The van der Waals surface area contributed by atoms with Crippen LogP contribution in [0.2, 0.25) is 0 Å². The van der Waals surface area contributed by atoms with Gasteiger partial charge in [-0.15, -0.1) is 11.3 Å². The summed E-state index contributed by atoms with van der Waals surface area (Å²) < 4.78 is 1.21. The molecule has 0 bridgehead atoms. The first-order valence-corrected chi connectivity index (χ1v) is 6.71. The zero-order valence-electron chi connectivity index (χ0n) is 8.32. The van der Waals surface area contributed by atoms with Crippen molar-refractivity contribution < 1.29 is 0 Å². The summed E-state index contributed by atoms with van der Waals surface area (Å²) in [6, 6.07) is 0. The van der Waals surface area contributed by atoms with E-state index in [0.717, 1.165) is 5.92 Å². The molecule has 1 atom stereocenters. The lowest BCUT2D eigenvalue weighted by molar-refractivity contribution is 0.557. The van der Waals surface area contributed by atoms with E-state index in [0.29, 0.717) is 0 Å². The fourth-order valence-corrected chi connectivity index (χ4v) is 2.86. The van der Waals surface area contributed by atoms with E-state index < -0.39 is 0 Å². The van der Waals surface area contributed by atoms with Crippen molar-refractivity contribution in [3.8, 4) is 0 Å². The van der Waals surface area contributed by atoms with E-state index in [4.69, 9.17) is 0 Å². The standard InChI is InChI=1S/C10H17NS2/c1-3-4-5-9(2)8-13-10-11-6-7-12-10/h6-7,9H,3-5,8H2,1-2H3/t9-/m1/s1. The van der Waals surface area contributed by atoms with Crippen LogP contribution in [0.1, 0.15) is 33.1 Å². The van der Waals surface area contributed by atoms with Crippen LogP contribution in [0.25, 0.3) is 0 Å². The van der Waals surface area contributed by atoms with E-state index >= 15 is 0 Å². The maximum Gasteiger partial charge on any atom is 0.149 e. The van der Waals surface area contributed by atoms with Crippen molar-refractivity contribution in [3.05, 3.63) is 11.6 Å². The fourth-order valence-electron chi connectivity index (χ4n) is 1.13. The number of aromatic nitrogens is 1.